The van der Waals surface area contributed by atoms with Crippen molar-refractivity contribution in [1.82, 2.24) is 15.1 Å². The van der Waals surface area contributed by atoms with Crippen molar-refractivity contribution in [2.75, 3.05) is 6.54 Å². The minimum atomic E-state index is -4.47. The highest BCUT2D eigenvalue weighted by Gasteiger charge is 2.33. The van der Waals surface area contributed by atoms with Crippen LogP contribution in [0.1, 0.15) is 20.8 Å². The van der Waals surface area contributed by atoms with Gasteiger partial charge in [0, 0.05) is 30.6 Å². The molecule has 3 N–H and O–H groups in total. The summed E-state index contributed by atoms with van der Waals surface area (Å²) in [6.45, 7) is 0.00369. The SMILES string of the molecule is Cn1ncc(Cl)c1-c1csc(C(=O)NC(CN)Cc2ccccc2C(F)(F)F)c1. The zero-order valence-electron chi connectivity index (χ0n) is 15.3. The molecular weight excluding hydrogens is 425 g/mol. The lowest BCUT2D eigenvalue weighted by Gasteiger charge is -2.19. The minimum absolute atomic E-state index is 0.00369. The molecule has 0 aliphatic heterocycles. The van der Waals surface area contributed by atoms with Crippen molar-refractivity contribution in [3.63, 3.8) is 0 Å². The van der Waals surface area contributed by atoms with E-state index in [0.29, 0.717) is 15.6 Å². The van der Waals surface area contributed by atoms with E-state index >= 15 is 0 Å². The molecule has 0 spiro atoms. The number of carbonyl (C=O) groups excluding carboxylic acids is 1. The van der Waals surface area contributed by atoms with E-state index in [-0.39, 0.29) is 18.5 Å². The second-order valence-corrected chi connectivity index (χ2v) is 7.75. The first-order valence-electron chi connectivity index (χ1n) is 8.63. The third-order valence-corrected chi connectivity index (χ3v) is 5.61. The van der Waals surface area contributed by atoms with Crippen molar-refractivity contribution in [3.05, 3.63) is 62.9 Å². The van der Waals surface area contributed by atoms with Crippen LogP contribution in [0.15, 0.2) is 41.9 Å². The number of alkyl halides is 3. The summed E-state index contributed by atoms with van der Waals surface area (Å²) in [5.41, 5.74) is 6.48. The maximum Gasteiger partial charge on any atom is 0.416 e. The van der Waals surface area contributed by atoms with Crippen LogP contribution < -0.4 is 11.1 Å². The summed E-state index contributed by atoms with van der Waals surface area (Å²) in [5.74, 6) is -0.403. The quantitative estimate of drug-likeness (QED) is 0.603. The van der Waals surface area contributed by atoms with Crippen LogP contribution in [0.4, 0.5) is 13.2 Å². The van der Waals surface area contributed by atoms with Crippen molar-refractivity contribution in [1.29, 1.82) is 0 Å². The Balaban J connectivity index is 1.75. The molecule has 1 aromatic carbocycles. The molecule has 2 heterocycles. The van der Waals surface area contributed by atoms with E-state index in [4.69, 9.17) is 17.3 Å². The van der Waals surface area contributed by atoms with E-state index in [0.717, 1.165) is 11.6 Å². The molecule has 3 aromatic rings. The first-order valence-corrected chi connectivity index (χ1v) is 9.89. The summed E-state index contributed by atoms with van der Waals surface area (Å²) >= 11 is 7.34. The number of carbonyl (C=O) groups is 1. The van der Waals surface area contributed by atoms with Gasteiger partial charge in [-0.25, -0.2) is 0 Å². The molecule has 1 amide bonds. The van der Waals surface area contributed by atoms with Crippen molar-refractivity contribution in [2.45, 2.75) is 18.6 Å². The Morgan fingerprint density at radius 1 is 1.38 bits per heavy atom. The van der Waals surface area contributed by atoms with E-state index in [1.807, 2.05) is 0 Å². The monoisotopic (exact) mass is 442 g/mol. The molecular formula is C19H18ClF3N4OS. The summed E-state index contributed by atoms with van der Waals surface area (Å²) < 4.78 is 41.2. The van der Waals surface area contributed by atoms with Crippen LogP contribution in [0.3, 0.4) is 0 Å². The minimum Gasteiger partial charge on any atom is -0.347 e. The highest BCUT2D eigenvalue weighted by molar-refractivity contribution is 7.12. The molecule has 5 nitrogen and oxygen atoms in total. The largest absolute Gasteiger partial charge is 0.416 e. The molecule has 0 aliphatic carbocycles. The van der Waals surface area contributed by atoms with Gasteiger partial charge in [0.2, 0.25) is 0 Å². The molecule has 2 aromatic heterocycles. The lowest BCUT2D eigenvalue weighted by Crippen LogP contribution is -2.41. The van der Waals surface area contributed by atoms with Gasteiger partial charge in [0.15, 0.2) is 0 Å². The van der Waals surface area contributed by atoms with Gasteiger partial charge in [0.1, 0.15) is 0 Å². The maximum absolute atomic E-state index is 13.2. The molecule has 0 saturated heterocycles. The molecule has 0 bridgehead atoms. The molecule has 10 heteroatoms. The van der Waals surface area contributed by atoms with E-state index in [9.17, 15) is 18.0 Å². The predicted molar refractivity (Wildman–Crippen MR) is 107 cm³/mol. The van der Waals surface area contributed by atoms with Gasteiger partial charge in [-0.05, 0) is 24.1 Å². The summed E-state index contributed by atoms with van der Waals surface area (Å²) in [5, 5.41) is 9.02. The van der Waals surface area contributed by atoms with Gasteiger partial charge in [-0.3, -0.25) is 9.48 Å². The number of aryl methyl sites for hydroxylation is 1. The van der Waals surface area contributed by atoms with Gasteiger partial charge in [0.05, 0.1) is 27.4 Å². The van der Waals surface area contributed by atoms with Crippen molar-refractivity contribution >= 4 is 28.8 Å². The third-order valence-electron chi connectivity index (χ3n) is 4.40. The van der Waals surface area contributed by atoms with Crippen molar-refractivity contribution < 1.29 is 18.0 Å². The molecule has 0 radical (unpaired) electrons. The number of nitrogens with two attached hydrogens (primary N) is 1. The summed E-state index contributed by atoms with van der Waals surface area (Å²) in [7, 11) is 1.74. The van der Waals surface area contributed by atoms with Crippen molar-refractivity contribution in [3.8, 4) is 11.3 Å². The van der Waals surface area contributed by atoms with E-state index in [1.165, 1.54) is 35.7 Å². The zero-order valence-corrected chi connectivity index (χ0v) is 16.9. The molecule has 3 rings (SSSR count). The first kappa shape index (κ1) is 21.4. The Labute approximate surface area is 174 Å². The Bertz CT molecular complexity index is 996. The highest BCUT2D eigenvalue weighted by Crippen LogP contribution is 2.33. The van der Waals surface area contributed by atoms with Crippen LogP contribution in [-0.2, 0) is 19.6 Å². The second kappa shape index (κ2) is 8.56. The first-order chi connectivity index (χ1) is 13.7. The van der Waals surface area contributed by atoms with Crippen LogP contribution in [0.25, 0.3) is 11.3 Å². The number of rotatable bonds is 6. The Morgan fingerprint density at radius 3 is 2.72 bits per heavy atom. The summed E-state index contributed by atoms with van der Waals surface area (Å²) in [6.07, 6.45) is -2.98. The van der Waals surface area contributed by atoms with Crippen molar-refractivity contribution in [2.24, 2.45) is 12.8 Å². The fourth-order valence-electron chi connectivity index (χ4n) is 3.01. The molecule has 1 atom stereocenters. The Morgan fingerprint density at radius 2 is 2.10 bits per heavy atom. The smallest absolute Gasteiger partial charge is 0.347 e. The Hall–Kier alpha value is -2.36. The number of halogens is 4. The molecule has 0 saturated carbocycles. The number of aromatic nitrogens is 2. The van der Waals surface area contributed by atoms with Gasteiger partial charge in [-0.1, -0.05) is 29.8 Å². The van der Waals surface area contributed by atoms with Crippen LogP contribution in [0, 0.1) is 0 Å². The lowest BCUT2D eigenvalue weighted by atomic mass is 9.99. The number of benzene rings is 1. The predicted octanol–water partition coefficient (Wildman–Crippen LogP) is 4.12. The van der Waals surface area contributed by atoms with Crippen LogP contribution >= 0.6 is 22.9 Å². The normalized spacial score (nSPS) is 12.8. The van der Waals surface area contributed by atoms with Crippen LogP contribution in [-0.4, -0.2) is 28.3 Å². The van der Waals surface area contributed by atoms with E-state index < -0.39 is 23.7 Å². The second-order valence-electron chi connectivity index (χ2n) is 6.43. The van der Waals surface area contributed by atoms with E-state index in [1.54, 1.807) is 23.2 Å². The number of nitrogens with zero attached hydrogens (tertiary/aromatic N) is 2. The zero-order chi connectivity index (χ0) is 21.2. The fraction of sp³-hybridized carbons (Fsp3) is 0.263. The van der Waals surface area contributed by atoms with Crippen LogP contribution in [0.2, 0.25) is 5.02 Å². The average Bonchev–Trinajstić information content (AvgIpc) is 3.27. The number of hydrogen-bond acceptors (Lipinski definition) is 4. The molecule has 0 fully saturated rings. The van der Waals surface area contributed by atoms with Gasteiger partial charge in [-0.15, -0.1) is 11.3 Å². The lowest BCUT2D eigenvalue weighted by molar-refractivity contribution is -0.138. The molecule has 154 valence electrons. The van der Waals surface area contributed by atoms with Gasteiger partial charge < -0.3 is 11.1 Å². The number of hydrogen-bond donors (Lipinski definition) is 2. The molecule has 29 heavy (non-hydrogen) atoms. The molecule has 1 unspecified atom stereocenters. The average molecular weight is 443 g/mol. The Kier molecular flexibility index (Phi) is 6.30. The maximum atomic E-state index is 13.2. The van der Waals surface area contributed by atoms with E-state index in [2.05, 4.69) is 10.4 Å². The third kappa shape index (κ3) is 4.80. The standard InChI is InChI=1S/C19H18ClF3N4OS/c1-27-17(15(20)9-25-27)12-7-16(29-10-12)18(28)26-13(8-24)6-11-4-2-3-5-14(11)19(21,22)23/h2-5,7,9-10,13H,6,8,24H2,1H3,(H,26,28). The highest BCUT2D eigenvalue weighted by atomic mass is 35.5. The van der Waals surface area contributed by atoms with Gasteiger partial charge in [-0.2, -0.15) is 18.3 Å². The molecule has 0 aliphatic rings. The van der Waals surface area contributed by atoms with Gasteiger partial charge >= 0.3 is 6.18 Å². The topological polar surface area (TPSA) is 72.9 Å². The number of amides is 1. The summed E-state index contributed by atoms with van der Waals surface area (Å²) in [4.78, 5) is 13.0. The van der Waals surface area contributed by atoms with Crippen LogP contribution in [0.5, 0.6) is 0 Å². The summed E-state index contributed by atoms with van der Waals surface area (Å²) in [6, 6.07) is 6.30. The number of nitrogens with one attached hydrogen (secondary N) is 1. The fourth-order valence-corrected chi connectivity index (χ4v) is 4.07. The van der Waals surface area contributed by atoms with Gasteiger partial charge in [0.25, 0.3) is 5.91 Å². The number of thiophene rings is 1.